The molecule has 1 heterocycles. The lowest BCUT2D eigenvalue weighted by Crippen LogP contribution is -2.39. The number of imidazole rings is 1. The quantitative estimate of drug-likeness (QED) is 0.680. The second kappa shape index (κ2) is 4.46. The topological polar surface area (TPSA) is 92.9 Å². The Labute approximate surface area is 110 Å². The average molecular weight is 262 g/mol. The summed E-state index contributed by atoms with van der Waals surface area (Å²) in [4.78, 5) is 26.5. The molecule has 0 aliphatic heterocycles. The van der Waals surface area contributed by atoms with E-state index in [-0.39, 0.29) is 5.41 Å². The minimum Gasteiger partial charge on any atom is -0.399 e. The van der Waals surface area contributed by atoms with E-state index in [0.717, 1.165) is 4.57 Å². The van der Waals surface area contributed by atoms with Crippen molar-refractivity contribution in [1.82, 2.24) is 14.9 Å². The second-order valence-corrected chi connectivity index (χ2v) is 5.76. The summed E-state index contributed by atoms with van der Waals surface area (Å²) in [5.41, 5.74) is 6.74. The third kappa shape index (κ3) is 2.78. The molecule has 0 aliphatic carbocycles. The molecule has 0 saturated carbocycles. The maximum absolute atomic E-state index is 12.1. The van der Waals surface area contributed by atoms with Crippen LogP contribution in [0.15, 0.2) is 23.0 Å². The fourth-order valence-corrected chi connectivity index (χ4v) is 1.74. The molecule has 0 atom stereocenters. The molecule has 2 aromatic rings. The van der Waals surface area contributed by atoms with Crippen LogP contribution in [0.4, 0.5) is 10.5 Å². The highest BCUT2D eigenvalue weighted by Gasteiger charge is 2.17. The van der Waals surface area contributed by atoms with E-state index < -0.39 is 11.7 Å². The van der Waals surface area contributed by atoms with Crippen LogP contribution in [0.2, 0.25) is 0 Å². The highest BCUT2D eigenvalue weighted by atomic mass is 16.2. The van der Waals surface area contributed by atoms with Gasteiger partial charge in [0.1, 0.15) is 0 Å². The first-order valence-corrected chi connectivity index (χ1v) is 6.06. The van der Waals surface area contributed by atoms with Gasteiger partial charge in [0.2, 0.25) is 0 Å². The number of rotatable bonds is 1. The summed E-state index contributed by atoms with van der Waals surface area (Å²) in [5.74, 6) is 0. The predicted molar refractivity (Wildman–Crippen MR) is 75.2 cm³/mol. The Morgan fingerprint density at radius 3 is 2.74 bits per heavy atom. The van der Waals surface area contributed by atoms with E-state index in [0.29, 0.717) is 23.3 Å². The lowest BCUT2D eigenvalue weighted by atomic mass is 9.97. The molecule has 1 aromatic carbocycles. The second-order valence-electron chi connectivity index (χ2n) is 5.76. The third-order valence-electron chi connectivity index (χ3n) is 2.68. The third-order valence-corrected chi connectivity index (χ3v) is 2.68. The summed E-state index contributed by atoms with van der Waals surface area (Å²) >= 11 is 0. The fourth-order valence-electron chi connectivity index (χ4n) is 1.74. The van der Waals surface area contributed by atoms with Crippen LogP contribution in [0, 0.1) is 5.41 Å². The molecule has 19 heavy (non-hydrogen) atoms. The number of nitrogens with zero attached hydrogens (tertiary/aromatic N) is 1. The van der Waals surface area contributed by atoms with E-state index >= 15 is 0 Å². The van der Waals surface area contributed by atoms with Gasteiger partial charge in [0.15, 0.2) is 0 Å². The Morgan fingerprint density at radius 1 is 1.42 bits per heavy atom. The number of nitrogen functional groups attached to an aromatic ring is 1. The Balaban J connectivity index is 2.39. The van der Waals surface area contributed by atoms with E-state index in [4.69, 9.17) is 5.73 Å². The van der Waals surface area contributed by atoms with E-state index in [9.17, 15) is 9.59 Å². The summed E-state index contributed by atoms with van der Waals surface area (Å²) < 4.78 is 1.07. The van der Waals surface area contributed by atoms with Gasteiger partial charge in [0.05, 0.1) is 11.0 Å². The van der Waals surface area contributed by atoms with Crippen LogP contribution in [0.1, 0.15) is 20.8 Å². The zero-order valence-corrected chi connectivity index (χ0v) is 11.3. The predicted octanol–water partition coefficient (Wildman–Crippen LogP) is 1.52. The number of hydrogen-bond donors (Lipinski definition) is 3. The van der Waals surface area contributed by atoms with Crippen molar-refractivity contribution in [3.63, 3.8) is 0 Å². The fraction of sp³-hybridized carbons (Fsp3) is 0.385. The van der Waals surface area contributed by atoms with Gasteiger partial charge in [-0.1, -0.05) is 20.8 Å². The van der Waals surface area contributed by atoms with Crippen LogP contribution in [-0.4, -0.2) is 22.1 Å². The van der Waals surface area contributed by atoms with Crippen LogP contribution < -0.4 is 16.7 Å². The molecule has 6 heteroatoms. The van der Waals surface area contributed by atoms with Gasteiger partial charge in [-0.2, -0.15) is 0 Å². The molecule has 0 bridgehead atoms. The number of nitrogens with one attached hydrogen (secondary N) is 2. The van der Waals surface area contributed by atoms with Gasteiger partial charge in [-0.25, -0.2) is 14.2 Å². The SMILES string of the molecule is CC(C)(C)CNC(=O)n1c(=O)[nH]c2ccc(N)cc21. The molecule has 1 aromatic heterocycles. The van der Waals surface area contributed by atoms with E-state index in [1.807, 2.05) is 20.8 Å². The number of H-pyrrole nitrogens is 1. The number of carbonyl (C=O) groups excluding carboxylic acids is 1. The minimum absolute atomic E-state index is 0.0512. The summed E-state index contributed by atoms with van der Waals surface area (Å²) in [6, 6.07) is 4.51. The zero-order chi connectivity index (χ0) is 14.2. The number of amides is 1. The largest absolute Gasteiger partial charge is 0.399 e. The average Bonchev–Trinajstić information content (AvgIpc) is 2.60. The number of anilines is 1. The molecule has 0 aliphatic rings. The maximum Gasteiger partial charge on any atom is 0.334 e. The van der Waals surface area contributed by atoms with Crippen LogP contribution in [0.5, 0.6) is 0 Å². The van der Waals surface area contributed by atoms with Gasteiger partial charge in [-0.3, -0.25) is 0 Å². The first kappa shape index (κ1) is 13.2. The van der Waals surface area contributed by atoms with Crippen molar-refractivity contribution in [3.05, 3.63) is 28.7 Å². The van der Waals surface area contributed by atoms with Gasteiger partial charge in [-0.15, -0.1) is 0 Å². The van der Waals surface area contributed by atoms with Gasteiger partial charge < -0.3 is 16.0 Å². The Hall–Kier alpha value is -2.24. The van der Waals surface area contributed by atoms with E-state index in [2.05, 4.69) is 10.3 Å². The Bertz CT molecular complexity index is 676. The molecule has 0 saturated heterocycles. The van der Waals surface area contributed by atoms with Crippen molar-refractivity contribution in [2.45, 2.75) is 20.8 Å². The van der Waals surface area contributed by atoms with Crippen molar-refractivity contribution >= 4 is 22.8 Å². The molecule has 0 radical (unpaired) electrons. The minimum atomic E-state index is -0.466. The number of benzene rings is 1. The van der Waals surface area contributed by atoms with Gasteiger partial charge >= 0.3 is 11.7 Å². The van der Waals surface area contributed by atoms with E-state index in [1.165, 1.54) is 0 Å². The normalized spacial score (nSPS) is 11.7. The molecular weight excluding hydrogens is 244 g/mol. The first-order valence-electron chi connectivity index (χ1n) is 6.06. The first-order chi connectivity index (χ1) is 8.78. The van der Waals surface area contributed by atoms with Crippen LogP contribution >= 0.6 is 0 Å². The lowest BCUT2D eigenvalue weighted by Gasteiger charge is -2.18. The maximum atomic E-state index is 12.1. The number of aromatic nitrogens is 2. The van der Waals surface area contributed by atoms with Crippen LogP contribution in [0.3, 0.4) is 0 Å². The number of carbonyl (C=O) groups is 1. The summed E-state index contributed by atoms with van der Waals surface area (Å²) in [6.45, 7) is 6.49. The molecular formula is C13H18N4O2. The van der Waals surface area contributed by atoms with Crippen LogP contribution in [0.25, 0.3) is 11.0 Å². The lowest BCUT2D eigenvalue weighted by molar-refractivity contribution is 0.237. The van der Waals surface area contributed by atoms with Crippen molar-refractivity contribution in [1.29, 1.82) is 0 Å². The number of hydrogen-bond acceptors (Lipinski definition) is 3. The van der Waals surface area contributed by atoms with Gasteiger partial charge in [0, 0.05) is 12.2 Å². The number of aromatic amines is 1. The highest BCUT2D eigenvalue weighted by molar-refractivity contribution is 5.90. The molecule has 102 valence electrons. The van der Waals surface area contributed by atoms with Crippen LogP contribution in [-0.2, 0) is 0 Å². The molecule has 2 rings (SSSR count). The Morgan fingerprint density at radius 2 is 2.11 bits per heavy atom. The zero-order valence-electron chi connectivity index (χ0n) is 11.3. The molecule has 4 N–H and O–H groups in total. The monoisotopic (exact) mass is 262 g/mol. The van der Waals surface area contributed by atoms with Crippen molar-refractivity contribution in [2.24, 2.45) is 5.41 Å². The van der Waals surface area contributed by atoms with E-state index in [1.54, 1.807) is 18.2 Å². The smallest absolute Gasteiger partial charge is 0.334 e. The molecule has 1 amide bonds. The molecule has 0 spiro atoms. The summed E-state index contributed by atoms with van der Waals surface area (Å²) in [5, 5.41) is 2.74. The number of nitrogens with two attached hydrogens (primary N) is 1. The number of fused-ring (bicyclic) bond motifs is 1. The summed E-state index contributed by atoms with van der Waals surface area (Å²) in [7, 11) is 0. The van der Waals surface area contributed by atoms with Gasteiger partial charge in [-0.05, 0) is 23.6 Å². The standard InChI is InChI=1S/C13H18N4O2/c1-13(2,3)7-15-11(18)17-10-6-8(14)4-5-9(10)16-12(17)19/h4-6H,7,14H2,1-3H3,(H,15,18)(H,16,19). The highest BCUT2D eigenvalue weighted by Crippen LogP contribution is 2.14. The molecule has 6 nitrogen and oxygen atoms in total. The van der Waals surface area contributed by atoms with Crippen molar-refractivity contribution in [2.75, 3.05) is 12.3 Å². The molecule has 0 unspecified atom stereocenters. The Kier molecular flexibility index (Phi) is 3.09. The van der Waals surface area contributed by atoms with Crippen molar-refractivity contribution < 1.29 is 4.79 Å². The summed E-state index contributed by atoms with van der Waals surface area (Å²) in [6.07, 6.45) is 0. The van der Waals surface area contributed by atoms with Crippen molar-refractivity contribution in [3.8, 4) is 0 Å². The van der Waals surface area contributed by atoms with Gasteiger partial charge in [0.25, 0.3) is 0 Å². The molecule has 0 fully saturated rings.